The summed E-state index contributed by atoms with van der Waals surface area (Å²) in [6.07, 6.45) is 0.825. The van der Waals surface area contributed by atoms with Crippen molar-refractivity contribution in [1.29, 1.82) is 0 Å². The van der Waals surface area contributed by atoms with Crippen molar-refractivity contribution in [1.82, 2.24) is 10.2 Å². The highest BCUT2D eigenvalue weighted by molar-refractivity contribution is 5.85. The third-order valence-corrected chi connectivity index (χ3v) is 2.78. The lowest BCUT2D eigenvalue weighted by molar-refractivity contribution is -0.124. The fourth-order valence-corrected chi connectivity index (χ4v) is 1.83. The van der Waals surface area contributed by atoms with Crippen LogP contribution in [-0.4, -0.2) is 43.0 Å². The highest BCUT2D eigenvalue weighted by Gasteiger charge is 2.41. The Kier molecular flexibility index (Phi) is 3.50. The lowest BCUT2D eigenvalue weighted by Gasteiger charge is -2.27. The van der Waals surface area contributed by atoms with E-state index in [4.69, 9.17) is 5.73 Å². The normalized spacial score (nSPS) is 28.6. The van der Waals surface area contributed by atoms with Crippen LogP contribution >= 0.6 is 0 Å². The minimum absolute atomic E-state index is 0.220. The fourth-order valence-electron chi connectivity index (χ4n) is 1.83. The van der Waals surface area contributed by atoms with Crippen molar-refractivity contribution in [3.8, 4) is 0 Å². The van der Waals surface area contributed by atoms with E-state index in [2.05, 4.69) is 24.1 Å². The van der Waals surface area contributed by atoms with Crippen LogP contribution in [0.2, 0.25) is 0 Å². The third kappa shape index (κ3) is 2.45. The number of hydrogen-bond donors (Lipinski definition) is 2. The molecule has 0 aromatic heterocycles. The molecule has 0 aliphatic carbocycles. The lowest BCUT2D eigenvalue weighted by Crippen LogP contribution is -2.57. The van der Waals surface area contributed by atoms with Crippen LogP contribution in [0.5, 0.6) is 0 Å². The summed E-state index contributed by atoms with van der Waals surface area (Å²) in [4.78, 5) is 13.6. The molecule has 0 saturated carbocycles. The van der Waals surface area contributed by atoms with Crippen molar-refractivity contribution in [2.24, 2.45) is 11.7 Å². The summed E-state index contributed by atoms with van der Waals surface area (Å²) in [6.45, 7) is 6.76. The molecule has 0 aromatic rings. The highest BCUT2D eigenvalue weighted by atomic mass is 16.1. The molecule has 14 heavy (non-hydrogen) atoms. The van der Waals surface area contributed by atoms with Gasteiger partial charge in [0.2, 0.25) is 5.91 Å². The number of likely N-dealkylation sites (tertiary alicyclic amines) is 1. The van der Waals surface area contributed by atoms with E-state index in [-0.39, 0.29) is 5.91 Å². The number of amides is 1. The van der Waals surface area contributed by atoms with Crippen molar-refractivity contribution in [3.05, 3.63) is 0 Å². The fraction of sp³-hybridized carbons (Fsp3) is 0.900. The molecule has 3 N–H and O–H groups in total. The second kappa shape index (κ2) is 4.28. The van der Waals surface area contributed by atoms with E-state index in [9.17, 15) is 4.79 Å². The van der Waals surface area contributed by atoms with Crippen LogP contribution in [0.25, 0.3) is 0 Å². The van der Waals surface area contributed by atoms with Gasteiger partial charge < -0.3 is 16.0 Å². The summed E-state index contributed by atoms with van der Waals surface area (Å²) in [6, 6.07) is 0. The molecular weight excluding hydrogens is 178 g/mol. The van der Waals surface area contributed by atoms with Crippen LogP contribution in [-0.2, 0) is 4.79 Å². The summed E-state index contributed by atoms with van der Waals surface area (Å²) < 4.78 is 0. The third-order valence-electron chi connectivity index (χ3n) is 2.78. The van der Waals surface area contributed by atoms with Gasteiger partial charge in [-0.2, -0.15) is 0 Å². The van der Waals surface area contributed by atoms with Gasteiger partial charge >= 0.3 is 0 Å². The SMILES string of the molecule is CC(C)CNC1(C(N)=O)CCN(C)C1. The molecule has 0 radical (unpaired) electrons. The molecule has 1 fully saturated rings. The van der Waals surface area contributed by atoms with Gasteiger partial charge in [0.1, 0.15) is 5.54 Å². The Labute approximate surface area is 85.8 Å². The highest BCUT2D eigenvalue weighted by Crippen LogP contribution is 2.19. The Hall–Kier alpha value is -0.610. The van der Waals surface area contributed by atoms with Crippen molar-refractivity contribution in [3.63, 3.8) is 0 Å². The summed E-state index contributed by atoms with van der Waals surface area (Å²) in [7, 11) is 2.02. The van der Waals surface area contributed by atoms with Gasteiger partial charge in [0, 0.05) is 13.1 Å². The number of carbonyl (C=O) groups is 1. The monoisotopic (exact) mass is 199 g/mol. The Morgan fingerprint density at radius 3 is 2.64 bits per heavy atom. The number of carbonyl (C=O) groups excluding carboxylic acids is 1. The molecule has 0 bridgehead atoms. The van der Waals surface area contributed by atoms with E-state index in [0.29, 0.717) is 5.92 Å². The maximum absolute atomic E-state index is 11.4. The zero-order valence-electron chi connectivity index (χ0n) is 9.34. The van der Waals surface area contributed by atoms with Gasteiger partial charge in [-0.1, -0.05) is 13.8 Å². The minimum Gasteiger partial charge on any atom is -0.368 e. The van der Waals surface area contributed by atoms with E-state index < -0.39 is 5.54 Å². The molecule has 0 aromatic carbocycles. The zero-order valence-corrected chi connectivity index (χ0v) is 9.34. The van der Waals surface area contributed by atoms with Crippen LogP contribution in [0.3, 0.4) is 0 Å². The van der Waals surface area contributed by atoms with E-state index >= 15 is 0 Å². The predicted octanol–water partition coefficient (Wildman–Crippen LogP) is -0.208. The summed E-state index contributed by atoms with van der Waals surface area (Å²) in [5.74, 6) is 0.319. The summed E-state index contributed by atoms with van der Waals surface area (Å²) in [5, 5.41) is 3.31. The van der Waals surface area contributed by atoms with Crippen molar-refractivity contribution in [2.75, 3.05) is 26.7 Å². The van der Waals surface area contributed by atoms with Crippen LogP contribution < -0.4 is 11.1 Å². The Morgan fingerprint density at radius 1 is 1.64 bits per heavy atom. The first kappa shape index (κ1) is 11.5. The van der Waals surface area contributed by atoms with Crippen LogP contribution in [0.15, 0.2) is 0 Å². The molecule has 1 aliphatic heterocycles. The second-order valence-corrected chi connectivity index (χ2v) is 4.71. The molecule has 1 aliphatic rings. The van der Waals surface area contributed by atoms with Gasteiger partial charge in [0.25, 0.3) is 0 Å². The Morgan fingerprint density at radius 2 is 2.29 bits per heavy atom. The quantitative estimate of drug-likeness (QED) is 0.659. The maximum atomic E-state index is 11.4. The van der Waals surface area contributed by atoms with Crippen LogP contribution in [0.1, 0.15) is 20.3 Å². The standard InChI is InChI=1S/C10H21N3O/c1-8(2)6-12-10(9(11)14)4-5-13(3)7-10/h8,12H,4-7H2,1-3H3,(H2,11,14). The molecular formula is C10H21N3O. The van der Waals surface area contributed by atoms with Gasteiger partial charge in [-0.25, -0.2) is 0 Å². The molecule has 1 rings (SSSR count). The molecule has 1 heterocycles. The van der Waals surface area contributed by atoms with Crippen LogP contribution in [0.4, 0.5) is 0 Å². The molecule has 1 atom stereocenters. The molecule has 1 saturated heterocycles. The number of rotatable bonds is 4. The van der Waals surface area contributed by atoms with Crippen molar-refractivity contribution in [2.45, 2.75) is 25.8 Å². The van der Waals surface area contributed by atoms with E-state index in [0.717, 1.165) is 26.1 Å². The molecule has 1 amide bonds. The second-order valence-electron chi connectivity index (χ2n) is 4.71. The first-order valence-electron chi connectivity index (χ1n) is 5.20. The zero-order chi connectivity index (χ0) is 10.8. The van der Waals surface area contributed by atoms with E-state index in [1.807, 2.05) is 7.05 Å². The molecule has 82 valence electrons. The first-order valence-corrected chi connectivity index (χ1v) is 5.20. The number of primary amides is 1. The van der Waals surface area contributed by atoms with E-state index in [1.165, 1.54) is 0 Å². The number of nitrogens with zero attached hydrogens (tertiary/aromatic N) is 1. The van der Waals surface area contributed by atoms with Crippen LogP contribution in [0, 0.1) is 5.92 Å². The van der Waals surface area contributed by atoms with Gasteiger partial charge in [-0.05, 0) is 25.9 Å². The van der Waals surface area contributed by atoms with Gasteiger partial charge in [0.05, 0.1) is 0 Å². The Balaban J connectivity index is 2.59. The van der Waals surface area contributed by atoms with Crippen molar-refractivity contribution < 1.29 is 4.79 Å². The molecule has 0 spiro atoms. The lowest BCUT2D eigenvalue weighted by atomic mass is 9.97. The average molecular weight is 199 g/mol. The van der Waals surface area contributed by atoms with Gasteiger partial charge in [0.15, 0.2) is 0 Å². The average Bonchev–Trinajstić information content (AvgIpc) is 2.45. The summed E-state index contributed by atoms with van der Waals surface area (Å²) in [5.41, 5.74) is 4.97. The first-order chi connectivity index (χ1) is 6.46. The maximum Gasteiger partial charge on any atom is 0.239 e. The molecule has 4 heteroatoms. The van der Waals surface area contributed by atoms with E-state index in [1.54, 1.807) is 0 Å². The van der Waals surface area contributed by atoms with Gasteiger partial charge in [-0.3, -0.25) is 4.79 Å². The summed E-state index contributed by atoms with van der Waals surface area (Å²) >= 11 is 0. The predicted molar refractivity (Wildman–Crippen MR) is 56.9 cm³/mol. The minimum atomic E-state index is -0.487. The number of likely N-dealkylation sites (N-methyl/N-ethyl adjacent to an activating group) is 1. The number of nitrogens with two attached hydrogens (primary N) is 1. The van der Waals surface area contributed by atoms with Gasteiger partial charge in [-0.15, -0.1) is 0 Å². The smallest absolute Gasteiger partial charge is 0.239 e. The molecule has 1 unspecified atom stereocenters. The molecule has 4 nitrogen and oxygen atoms in total. The number of hydrogen-bond acceptors (Lipinski definition) is 3. The largest absolute Gasteiger partial charge is 0.368 e. The Bertz CT molecular complexity index is 217. The van der Waals surface area contributed by atoms with Crippen molar-refractivity contribution >= 4 is 5.91 Å². The number of nitrogens with one attached hydrogen (secondary N) is 1. The topological polar surface area (TPSA) is 58.4 Å².